The second-order valence-electron chi connectivity index (χ2n) is 6.30. The Labute approximate surface area is 177 Å². The van der Waals surface area contributed by atoms with Gasteiger partial charge in [0.15, 0.2) is 34.2 Å². The zero-order valence-electron chi connectivity index (χ0n) is 15.7. The van der Waals surface area contributed by atoms with Gasteiger partial charge in [-0.2, -0.15) is 13.9 Å². The Kier molecular flexibility index (Phi) is 6.68. The van der Waals surface area contributed by atoms with Gasteiger partial charge in [-0.3, -0.25) is 4.68 Å². The van der Waals surface area contributed by atoms with Crippen LogP contribution in [0.2, 0.25) is 0 Å². The number of benzene rings is 2. The van der Waals surface area contributed by atoms with E-state index in [1.807, 2.05) is 0 Å². The summed E-state index contributed by atoms with van der Waals surface area (Å²) >= 11 is 5.11. The Morgan fingerprint density at radius 1 is 1.06 bits per heavy atom. The summed E-state index contributed by atoms with van der Waals surface area (Å²) in [6, 6.07) is 6.03. The van der Waals surface area contributed by atoms with Gasteiger partial charge in [0, 0.05) is 18.3 Å². The molecule has 3 rings (SSSR count). The number of anilines is 2. The molecule has 2 aromatic carbocycles. The summed E-state index contributed by atoms with van der Waals surface area (Å²) in [6.45, 7) is -1.92. The van der Waals surface area contributed by atoms with Crippen molar-refractivity contribution in [3.8, 4) is 5.75 Å². The van der Waals surface area contributed by atoms with Gasteiger partial charge in [-0.1, -0.05) is 6.07 Å². The first-order valence-corrected chi connectivity index (χ1v) is 9.03. The number of nitrogens with zero attached hydrogens (tertiary/aromatic N) is 2. The highest BCUT2D eigenvalue weighted by atomic mass is 32.1. The van der Waals surface area contributed by atoms with Crippen LogP contribution in [0.4, 0.5) is 37.8 Å². The van der Waals surface area contributed by atoms with Crippen LogP contribution in [0, 0.1) is 30.2 Å². The summed E-state index contributed by atoms with van der Waals surface area (Å²) in [5.74, 6) is -6.09. The first-order chi connectivity index (χ1) is 14.6. The van der Waals surface area contributed by atoms with E-state index in [1.54, 1.807) is 13.0 Å². The molecule has 1 aromatic heterocycles. The smallest absolute Gasteiger partial charge is 0.387 e. The minimum Gasteiger partial charge on any atom is -0.433 e. The summed E-state index contributed by atoms with van der Waals surface area (Å²) in [5, 5.41) is 9.25. The van der Waals surface area contributed by atoms with Crippen LogP contribution in [0.1, 0.15) is 11.1 Å². The molecule has 0 saturated heterocycles. The number of alkyl halides is 2. The Hall–Kier alpha value is -3.28. The largest absolute Gasteiger partial charge is 0.433 e. The second kappa shape index (κ2) is 9.25. The van der Waals surface area contributed by atoms with Gasteiger partial charge in [-0.25, -0.2) is 17.6 Å². The molecule has 0 spiro atoms. The molecule has 5 nitrogen and oxygen atoms in total. The van der Waals surface area contributed by atoms with E-state index in [0.717, 1.165) is 4.68 Å². The lowest BCUT2D eigenvalue weighted by Crippen LogP contribution is -2.20. The number of rotatable bonds is 6. The number of halogens is 6. The van der Waals surface area contributed by atoms with Crippen molar-refractivity contribution in [2.75, 3.05) is 10.6 Å². The number of nitrogens with one attached hydrogen (secondary N) is 2. The zero-order chi connectivity index (χ0) is 22.7. The minimum atomic E-state index is -3.03. The maximum absolute atomic E-state index is 13.8. The van der Waals surface area contributed by atoms with Gasteiger partial charge in [-0.15, -0.1) is 0 Å². The van der Waals surface area contributed by atoms with Gasteiger partial charge in [0.2, 0.25) is 0 Å². The van der Waals surface area contributed by atoms with E-state index in [1.165, 1.54) is 24.4 Å². The summed E-state index contributed by atoms with van der Waals surface area (Å²) in [5.41, 5.74) is 0.0237. The van der Waals surface area contributed by atoms with Gasteiger partial charge in [0.05, 0.1) is 17.8 Å². The lowest BCUT2D eigenvalue weighted by Gasteiger charge is -2.14. The topological polar surface area (TPSA) is 51.1 Å². The molecule has 2 N–H and O–H groups in total. The molecule has 0 saturated carbocycles. The van der Waals surface area contributed by atoms with Crippen molar-refractivity contribution in [1.29, 1.82) is 0 Å². The van der Waals surface area contributed by atoms with E-state index in [4.69, 9.17) is 12.2 Å². The fourth-order valence-electron chi connectivity index (χ4n) is 2.64. The molecular formula is C19H14F6N4OS. The summed E-state index contributed by atoms with van der Waals surface area (Å²) < 4.78 is 85.0. The zero-order valence-corrected chi connectivity index (χ0v) is 16.5. The fourth-order valence-corrected chi connectivity index (χ4v) is 2.85. The highest BCUT2D eigenvalue weighted by molar-refractivity contribution is 7.80. The Morgan fingerprint density at radius 3 is 2.39 bits per heavy atom. The summed E-state index contributed by atoms with van der Waals surface area (Å²) in [4.78, 5) is 0. The number of hydrogen-bond acceptors (Lipinski definition) is 3. The molecule has 0 aliphatic carbocycles. The van der Waals surface area contributed by atoms with Crippen molar-refractivity contribution in [3.05, 3.63) is 70.9 Å². The monoisotopic (exact) mass is 460 g/mol. The van der Waals surface area contributed by atoms with Crippen LogP contribution in [0.5, 0.6) is 5.75 Å². The van der Waals surface area contributed by atoms with E-state index in [-0.39, 0.29) is 28.4 Å². The Bertz CT molecular complexity index is 1090. The molecule has 1 heterocycles. The molecule has 0 amide bonds. The molecule has 0 aliphatic heterocycles. The molecule has 0 atom stereocenters. The van der Waals surface area contributed by atoms with Crippen molar-refractivity contribution in [3.63, 3.8) is 0 Å². The average molecular weight is 460 g/mol. The van der Waals surface area contributed by atoms with Gasteiger partial charge < -0.3 is 15.4 Å². The van der Waals surface area contributed by atoms with E-state index in [2.05, 4.69) is 20.5 Å². The third kappa shape index (κ3) is 5.45. The predicted molar refractivity (Wildman–Crippen MR) is 105 cm³/mol. The maximum Gasteiger partial charge on any atom is 0.387 e. The van der Waals surface area contributed by atoms with Gasteiger partial charge in [0.25, 0.3) is 0 Å². The van der Waals surface area contributed by atoms with Crippen LogP contribution in [-0.4, -0.2) is 21.5 Å². The van der Waals surface area contributed by atoms with Crippen molar-refractivity contribution < 1.29 is 31.1 Å². The lowest BCUT2D eigenvalue weighted by molar-refractivity contribution is -0.0493. The van der Waals surface area contributed by atoms with Crippen LogP contribution in [0.3, 0.4) is 0 Å². The number of ether oxygens (including phenoxy) is 1. The number of aryl methyl sites for hydroxylation is 1. The van der Waals surface area contributed by atoms with Crippen LogP contribution < -0.4 is 15.4 Å². The Balaban J connectivity index is 1.71. The average Bonchev–Trinajstić information content (AvgIpc) is 3.12. The molecule has 31 heavy (non-hydrogen) atoms. The van der Waals surface area contributed by atoms with Crippen LogP contribution in [0.15, 0.2) is 36.5 Å². The second-order valence-corrected chi connectivity index (χ2v) is 6.71. The normalized spacial score (nSPS) is 11.0. The third-order valence-electron chi connectivity index (χ3n) is 4.01. The highest BCUT2D eigenvalue weighted by Crippen LogP contribution is 2.27. The first kappa shape index (κ1) is 22.4. The van der Waals surface area contributed by atoms with Crippen LogP contribution >= 0.6 is 12.2 Å². The SMILES string of the molecule is Cc1ccc(NC(=S)Nc2ccn(Cc3c(F)c(F)cc(F)c3F)n2)c(OC(F)F)c1. The highest BCUT2D eigenvalue weighted by Gasteiger charge is 2.20. The van der Waals surface area contributed by atoms with Crippen molar-refractivity contribution in [1.82, 2.24) is 9.78 Å². The van der Waals surface area contributed by atoms with E-state index in [9.17, 15) is 26.3 Å². The predicted octanol–water partition coefficient (Wildman–Crippen LogP) is 5.21. The lowest BCUT2D eigenvalue weighted by atomic mass is 10.2. The fraction of sp³-hybridized carbons (Fsp3) is 0.158. The number of aromatic nitrogens is 2. The maximum atomic E-state index is 13.8. The third-order valence-corrected chi connectivity index (χ3v) is 4.21. The summed E-state index contributed by atoms with van der Waals surface area (Å²) in [7, 11) is 0. The quantitative estimate of drug-likeness (QED) is 0.301. The minimum absolute atomic E-state index is 0.0395. The standard InChI is InChI=1S/C19H14F6N4OS/c1-9-2-3-13(14(6-9)30-18(24)25)26-19(31)27-15-4-5-29(28-15)8-10-16(22)11(20)7-12(21)17(10)23/h2-7,18H,8H2,1H3,(H2,26,27,28,31). The first-order valence-electron chi connectivity index (χ1n) is 8.63. The molecule has 0 bridgehead atoms. The van der Waals surface area contributed by atoms with Crippen molar-refractivity contribution in [2.24, 2.45) is 0 Å². The van der Waals surface area contributed by atoms with E-state index >= 15 is 0 Å². The van der Waals surface area contributed by atoms with Crippen LogP contribution in [-0.2, 0) is 6.54 Å². The van der Waals surface area contributed by atoms with Crippen LogP contribution in [0.25, 0.3) is 0 Å². The molecule has 0 radical (unpaired) electrons. The van der Waals surface area contributed by atoms with Crippen molar-refractivity contribution >= 4 is 28.8 Å². The molecular weight excluding hydrogens is 446 g/mol. The van der Waals surface area contributed by atoms with E-state index < -0.39 is 42.0 Å². The molecule has 12 heteroatoms. The van der Waals surface area contributed by atoms with E-state index in [0.29, 0.717) is 5.56 Å². The van der Waals surface area contributed by atoms with Gasteiger partial charge >= 0.3 is 6.61 Å². The van der Waals surface area contributed by atoms with Gasteiger partial charge in [0.1, 0.15) is 5.75 Å². The molecule has 0 unspecified atom stereocenters. The number of hydrogen-bond donors (Lipinski definition) is 2. The molecule has 0 aliphatic rings. The van der Waals surface area contributed by atoms with Gasteiger partial charge in [-0.05, 0) is 36.8 Å². The summed E-state index contributed by atoms with van der Waals surface area (Å²) in [6.07, 6.45) is 1.30. The van der Waals surface area contributed by atoms with Crippen molar-refractivity contribution in [2.45, 2.75) is 20.1 Å². The molecule has 164 valence electrons. The molecule has 3 aromatic rings. The number of thiocarbonyl (C=S) groups is 1. The Morgan fingerprint density at radius 2 is 1.74 bits per heavy atom. The molecule has 0 fully saturated rings.